The molecule has 2 aromatic rings. The van der Waals surface area contributed by atoms with Crippen molar-refractivity contribution in [3.8, 4) is 5.75 Å². The van der Waals surface area contributed by atoms with Gasteiger partial charge in [0.2, 0.25) is 5.95 Å². The normalized spacial score (nSPS) is 15.6. The van der Waals surface area contributed by atoms with Crippen LogP contribution in [0.5, 0.6) is 5.75 Å². The molecule has 2 heterocycles. The van der Waals surface area contributed by atoms with Gasteiger partial charge in [0.25, 0.3) is 0 Å². The Morgan fingerprint density at radius 3 is 2.70 bits per heavy atom. The Labute approximate surface area is 117 Å². The Bertz CT molecular complexity index is 646. The monoisotopic (exact) mass is 268 g/mol. The molecule has 20 heavy (non-hydrogen) atoms. The molecule has 1 aromatic carbocycles. The molecule has 0 unspecified atom stereocenters. The maximum absolute atomic E-state index is 5.60. The molecular weight excluding hydrogens is 252 g/mol. The van der Waals surface area contributed by atoms with Gasteiger partial charge in [-0.25, -0.2) is 15.4 Å². The molecule has 0 fully saturated rings. The average molecular weight is 268 g/mol. The largest absolute Gasteiger partial charge is 0.492 e. The minimum Gasteiger partial charge on any atom is -0.492 e. The minimum absolute atomic E-state index is 0.527. The molecule has 0 amide bonds. The number of aryl methyl sites for hydroxylation is 2. The molecule has 3 rings (SSSR count). The van der Waals surface area contributed by atoms with E-state index in [1.165, 1.54) is 0 Å². The van der Waals surface area contributed by atoms with Crippen LogP contribution in [0.2, 0.25) is 0 Å². The second-order valence-electron chi connectivity index (χ2n) is 4.74. The molecule has 102 valence electrons. The van der Waals surface area contributed by atoms with Crippen LogP contribution in [0.15, 0.2) is 35.4 Å². The van der Waals surface area contributed by atoms with Crippen LogP contribution < -0.4 is 10.2 Å². The highest BCUT2D eigenvalue weighted by molar-refractivity contribution is 6.03. The van der Waals surface area contributed by atoms with E-state index < -0.39 is 0 Å². The summed E-state index contributed by atoms with van der Waals surface area (Å²) in [5, 5.41) is 4.44. The van der Waals surface area contributed by atoms with E-state index in [4.69, 9.17) is 4.74 Å². The third kappa shape index (κ3) is 2.61. The van der Waals surface area contributed by atoms with Gasteiger partial charge in [-0.15, -0.1) is 0 Å². The van der Waals surface area contributed by atoms with E-state index in [-0.39, 0.29) is 0 Å². The zero-order valence-corrected chi connectivity index (χ0v) is 11.6. The van der Waals surface area contributed by atoms with E-state index in [2.05, 4.69) is 20.5 Å². The number of nitrogens with zero attached hydrogens (tertiary/aromatic N) is 3. The second-order valence-corrected chi connectivity index (χ2v) is 4.74. The van der Waals surface area contributed by atoms with Crippen molar-refractivity contribution in [2.24, 2.45) is 5.10 Å². The maximum Gasteiger partial charge on any atom is 0.243 e. The lowest BCUT2D eigenvalue weighted by Gasteiger charge is -2.18. The van der Waals surface area contributed by atoms with Crippen molar-refractivity contribution in [1.29, 1.82) is 0 Å². The number of hydrogen-bond acceptors (Lipinski definition) is 5. The highest BCUT2D eigenvalue weighted by atomic mass is 16.5. The number of hydrogen-bond donors (Lipinski definition) is 1. The van der Waals surface area contributed by atoms with E-state index in [0.717, 1.165) is 34.8 Å². The number of fused-ring (bicyclic) bond motifs is 1. The summed E-state index contributed by atoms with van der Waals surface area (Å²) in [4.78, 5) is 8.63. The summed E-state index contributed by atoms with van der Waals surface area (Å²) in [6.07, 6.45) is 0.773. The van der Waals surface area contributed by atoms with Crippen LogP contribution in [0.4, 0.5) is 5.95 Å². The van der Waals surface area contributed by atoms with Crippen molar-refractivity contribution in [1.82, 2.24) is 9.97 Å². The quantitative estimate of drug-likeness (QED) is 0.851. The van der Waals surface area contributed by atoms with E-state index in [1.54, 1.807) is 0 Å². The number of rotatable bonds is 2. The zero-order chi connectivity index (χ0) is 13.9. The fourth-order valence-corrected chi connectivity index (χ4v) is 2.23. The molecule has 0 saturated heterocycles. The SMILES string of the molecule is Cc1cc(C)nc(NN=C2CCOc3ccccc32)n1. The van der Waals surface area contributed by atoms with Crippen LogP contribution in [0.1, 0.15) is 23.4 Å². The number of anilines is 1. The van der Waals surface area contributed by atoms with E-state index in [0.29, 0.717) is 12.6 Å². The lowest BCUT2D eigenvalue weighted by Crippen LogP contribution is -2.17. The zero-order valence-electron chi connectivity index (χ0n) is 11.6. The molecule has 0 spiro atoms. The van der Waals surface area contributed by atoms with Crippen molar-refractivity contribution in [2.45, 2.75) is 20.3 Å². The first kappa shape index (κ1) is 12.6. The lowest BCUT2D eigenvalue weighted by atomic mass is 10.0. The predicted molar refractivity (Wildman–Crippen MR) is 78.2 cm³/mol. The van der Waals surface area contributed by atoms with Crippen LogP contribution in [0, 0.1) is 13.8 Å². The first-order valence-corrected chi connectivity index (χ1v) is 6.59. The van der Waals surface area contributed by atoms with Crippen LogP contribution in [-0.4, -0.2) is 22.3 Å². The van der Waals surface area contributed by atoms with Crippen molar-refractivity contribution in [3.05, 3.63) is 47.3 Å². The number of ether oxygens (including phenoxy) is 1. The number of nitrogens with one attached hydrogen (secondary N) is 1. The van der Waals surface area contributed by atoms with Crippen molar-refractivity contribution < 1.29 is 4.74 Å². The van der Waals surface area contributed by atoms with Gasteiger partial charge >= 0.3 is 0 Å². The molecule has 5 heteroatoms. The second kappa shape index (κ2) is 5.28. The highest BCUT2D eigenvalue weighted by Crippen LogP contribution is 2.24. The van der Waals surface area contributed by atoms with Crippen LogP contribution in [0.25, 0.3) is 0 Å². The Morgan fingerprint density at radius 2 is 1.90 bits per heavy atom. The van der Waals surface area contributed by atoms with Gasteiger partial charge in [0.05, 0.1) is 12.3 Å². The van der Waals surface area contributed by atoms with Gasteiger partial charge in [-0.05, 0) is 32.0 Å². The molecule has 1 aliphatic heterocycles. The molecule has 0 aliphatic carbocycles. The van der Waals surface area contributed by atoms with Gasteiger partial charge < -0.3 is 4.74 Å². The van der Waals surface area contributed by atoms with E-state index in [9.17, 15) is 0 Å². The molecule has 0 bridgehead atoms. The Hall–Kier alpha value is -2.43. The molecule has 1 aliphatic rings. The fraction of sp³-hybridized carbons (Fsp3) is 0.267. The Morgan fingerprint density at radius 1 is 1.15 bits per heavy atom. The van der Waals surface area contributed by atoms with Crippen molar-refractivity contribution >= 4 is 11.7 Å². The number of hydrazone groups is 1. The fourth-order valence-electron chi connectivity index (χ4n) is 2.23. The average Bonchev–Trinajstić information content (AvgIpc) is 2.44. The van der Waals surface area contributed by atoms with E-state index in [1.807, 2.05) is 44.2 Å². The molecule has 5 nitrogen and oxygen atoms in total. The Balaban J connectivity index is 1.87. The smallest absolute Gasteiger partial charge is 0.243 e. The Kier molecular flexibility index (Phi) is 3.33. The van der Waals surface area contributed by atoms with E-state index >= 15 is 0 Å². The summed E-state index contributed by atoms with van der Waals surface area (Å²) < 4.78 is 5.60. The van der Waals surface area contributed by atoms with Crippen LogP contribution in [-0.2, 0) is 0 Å². The van der Waals surface area contributed by atoms with Gasteiger partial charge in [0, 0.05) is 23.4 Å². The minimum atomic E-state index is 0.527. The lowest BCUT2D eigenvalue weighted by molar-refractivity contribution is 0.320. The maximum atomic E-state index is 5.60. The summed E-state index contributed by atoms with van der Waals surface area (Å²) in [6.45, 7) is 4.53. The van der Waals surface area contributed by atoms with Crippen molar-refractivity contribution in [2.75, 3.05) is 12.0 Å². The standard InChI is InChI=1S/C15H16N4O/c1-10-9-11(2)17-15(16-10)19-18-13-7-8-20-14-6-4-3-5-12(13)14/h3-6,9H,7-8H2,1-2H3,(H,16,17,19). The van der Waals surface area contributed by atoms with Gasteiger partial charge in [-0.1, -0.05) is 12.1 Å². The van der Waals surface area contributed by atoms with Gasteiger partial charge in [-0.2, -0.15) is 5.10 Å². The molecule has 0 saturated carbocycles. The van der Waals surface area contributed by atoms with Gasteiger partial charge in [0.15, 0.2) is 0 Å². The number of benzene rings is 1. The molecule has 0 radical (unpaired) electrons. The third-order valence-electron chi connectivity index (χ3n) is 3.07. The summed E-state index contributed by atoms with van der Waals surface area (Å²) in [7, 11) is 0. The van der Waals surface area contributed by atoms with Crippen LogP contribution in [0.3, 0.4) is 0 Å². The van der Waals surface area contributed by atoms with Crippen molar-refractivity contribution in [3.63, 3.8) is 0 Å². The molecular formula is C15H16N4O. The highest BCUT2D eigenvalue weighted by Gasteiger charge is 2.16. The number of para-hydroxylation sites is 1. The van der Waals surface area contributed by atoms with Gasteiger partial charge in [0.1, 0.15) is 5.75 Å². The van der Waals surface area contributed by atoms with Gasteiger partial charge in [-0.3, -0.25) is 0 Å². The topological polar surface area (TPSA) is 59.4 Å². The molecule has 1 N–H and O–H groups in total. The summed E-state index contributed by atoms with van der Waals surface area (Å²) in [5.74, 6) is 1.40. The molecule has 1 aromatic heterocycles. The number of aromatic nitrogens is 2. The summed E-state index contributed by atoms with van der Waals surface area (Å²) in [6, 6.07) is 9.84. The first-order valence-electron chi connectivity index (χ1n) is 6.59. The molecule has 0 atom stereocenters. The summed E-state index contributed by atoms with van der Waals surface area (Å²) >= 11 is 0. The first-order chi connectivity index (χ1) is 9.72. The summed E-state index contributed by atoms with van der Waals surface area (Å²) in [5.41, 5.74) is 6.79. The predicted octanol–water partition coefficient (Wildman–Crippen LogP) is 2.69. The third-order valence-corrected chi connectivity index (χ3v) is 3.07. The van der Waals surface area contributed by atoms with Crippen LogP contribution >= 0.6 is 0 Å².